The third-order valence-corrected chi connectivity index (χ3v) is 1.62. The summed E-state index contributed by atoms with van der Waals surface area (Å²) < 4.78 is 22.2. The lowest BCUT2D eigenvalue weighted by Gasteiger charge is -2.15. The Balaban J connectivity index is 2.73. The number of halogens is 1. The van der Waals surface area contributed by atoms with E-state index in [0.29, 0.717) is 5.69 Å². The van der Waals surface area contributed by atoms with Gasteiger partial charge in [-0.25, -0.2) is 9.02 Å². The number of aromatic nitrogens is 2. The van der Waals surface area contributed by atoms with Gasteiger partial charge < -0.3 is 4.74 Å². The SMILES string of the molecule is CC(F)COc1nonc1C(C)(C)C. The minimum absolute atomic E-state index is 0.0305. The molecule has 0 bridgehead atoms. The van der Waals surface area contributed by atoms with Gasteiger partial charge >= 0.3 is 0 Å². The van der Waals surface area contributed by atoms with Crippen LogP contribution in [0.5, 0.6) is 5.88 Å². The summed E-state index contributed by atoms with van der Waals surface area (Å²) in [6, 6.07) is 0. The summed E-state index contributed by atoms with van der Waals surface area (Å²) in [6.45, 7) is 7.26. The van der Waals surface area contributed by atoms with E-state index in [-0.39, 0.29) is 17.9 Å². The van der Waals surface area contributed by atoms with Crippen LogP contribution >= 0.6 is 0 Å². The average Bonchev–Trinajstić information content (AvgIpc) is 2.46. The maximum atomic E-state index is 12.5. The number of alkyl halides is 1. The molecule has 14 heavy (non-hydrogen) atoms. The van der Waals surface area contributed by atoms with Crippen LogP contribution in [0.15, 0.2) is 4.63 Å². The Hall–Kier alpha value is -1.13. The van der Waals surface area contributed by atoms with E-state index in [4.69, 9.17) is 4.74 Å². The lowest BCUT2D eigenvalue weighted by atomic mass is 9.93. The smallest absolute Gasteiger partial charge is 0.279 e. The molecule has 1 rings (SSSR count). The van der Waals surface area contributed by atoms with Gasteiger partial charge in [0, 0.05) is 5.41 Å². The zero-order valence-corrected chi connectivity index (χ0v) is 8.87. The van der Waals surface area contributed by atoms with Crippen molar-refractivity contribution in [3.8, 4) is 5.88 Å². The largest absolute Gasteiger partial charge is 0.471 e. The van der Waals surface area contributed by atoms with E-state index < -0.39 is 6.17 Å². The molecule has 1 aromatic rings. The highest BCUT2D eigenvalue weighted by Crippen LogP contribution is 2.27. The molecule has 1 unspecified atom stereocenters. The van der Waals surface area contributed by atoms with Gasteiger partial charge in [-0.15, -0.1) is 0 Å². The fourth-order valence-corrected chi connectivity index (χ4v) is 0.927. The van der Waals surface area contributed by atoms with Crippen LogP contribution in [0.25, 0.3) is 0 Å². The second kappa shape index (κ2) is 3.94. The number of nitrogens with zero attached hydrogens (tertiary/aromatic N) is 2. The molecule has 1 heterocycles. The highest BCUT2D eigenvalue weighted by molar-refractivity contribution is 5.22. The van der Waals surface area contributed by atoms with Gasteiger partial charge in [0.2, 0.25) is 0 Å². The lowest BCUT2D eigenvalue weighted by molar-refractivity contribution is 0.191. The molecule has 1 aromatic heterocycles. The molecule has 0 N–H and O–H groups in total. The monoisotopic (exact) mass is 202 g/mol. The van der Waals surface area contributed by atoms with Crippen LogP contribution in [-0.4, -0.2) is 23.1 Å². The molecule has 1 atom stereocenters. The van der Waals surface area contributed by atoms with E-state index >= 15 is 0 Å². The minimum atomic E-state index is -1.03. The van der Waals surface area contributed by atoms with E-state index in [1.807, 2.05) is 20.8 Å². The zero-order chi connectivity index (χ0) is 10.8. The predicted molar refractivity (Wildman–Crippen MR) is 49.1 cm³/mol. The standard InChI is InChI=1S/C9H15FN2O2/c1-6(10)5-13-8-7(9(2,3)4)11-14-12-8/h6H,5H2,1-4H3. The van der Waals surface area contributed by atoms with Gasteiger partial charge in [0.25, 0.3) is 5.88 Å². The maximum Gasteiger partial charge on any atom is 0.279 e. The quantitative estimate of drug-likeness (QED) is 0.753. The van der Waals surface area contributed by atoms with Crippen molar-refractivity contribution in [1.29, 1.82) is 0 Å². The van der Waals surface area contributed by atoms with Crippen molar-refractivity contribution in [1.82, 2.24) is 10.3 Å². The number of hydrogen-bond acceptors (Lipinski definition) is 4. The number of ether oxygens (including phenoxy) is 1. The Labute approximate surface area is 82.4 Å². The highest BCUT2D eigenvalue weighted by atomic mass is 19.1. The Morgan fingerprint density at radius 2 is 2.07 bits per heavy atom. The van der Waals surface area contributed by atoms with Crippen molar-refractivity contribution >= 4 is 0 Å². The van der Waals surface area contributed by atoms with Gasteiger partial charge in [0.05, 0.1) is 0 Å². The Kier molecular flexibility index (Phi) is 3.08. The summed E-state index contributed by atoms with van der Waals surface area (Å²) in [5.41, 5.74) is 0.396. The zero-order valence-electron chi connectivity index (χ0n) is 8.87. The fourth-order valence-electron chi connectivity index (χ4n) is 0.927. The molecule has 0 spiro atoms. The predicted octanol–water partition coefficient (Wildman–Crippen LogP) is 2.10. The summed E-state index contributed by atoms with van der Waals surface area (Å²) in [6.07, 6.45) is -1.03. The highest BCUT2D eigenvalue weighted by Gasteiger charge is 2.25. The molecular weight excluding hydrogens is 187 g/mol. The van der Waals surface area contributed by atoms with E-state index in [9.17, 15) is 4.39 Å². The van der Waals surface area contributed by atoms with Crippen molar-refractivity contribution in [2.45, 2.75) is 39.3 Å². The number of hydrogen-bond donors (Lipinski definition) is 0. The number of rotatable bonds is 3. The summed E-state index contributed by atoms with van der Waals surface area (Å²) in [7, 11) is 0. The van der Waals surface area contributed by atoms with Crippen molar-refractivity contribution in [3.05, 3.63) is 5.69 Å². The lowest BCUT2D eigenvalue weighted by Crippen LogP contribution is -2.16. The first-order valence-electron chi connectivity index (χ1n) is 4.51. The third-order valence-electron chi connectivity index (χ3n) is 1.62. The summed E-state index contributed by atoms with van der Waals surface area (Å²) in [5, 5.41) is 7.31. The Morgan fingerprint density at radius 3 is 2.57 bits per heavy atom. The second-order valence-electron chi connectivity index (χ2n) is 4.26. The fraction of sp³-hybridized carbons (Fsp3) is 0.778. The van der Waals surface area contributed by atoms with Gasteiger partial charge in [-0.3, -0.25) is 0 Å². The first-order chi connectivity index (χ1) is 6.41. The van der Waals surface area contributed by atoms with Crippen molar-refractivity contribution < 1.29 is 13.8 Å². The van der Waals surface area contributed by atoms with Gasteiger partial charge in [0.15, 0.2) is 5.69 Å². The molecule has 0 fully saturated rings. The van der Waals surface area contributed by atoms with Crippen LogP contribution < -0.4 is 4.74 Å². The summed E-state index contributed by atoms with van der Waals surface area (Å²) >= 11 is 0. The van der Waals surface area contributed by atoms with Crippen LogP contribution in [0.4, 0.5) is 4.39 Å². The van der Waals surface area contributed by atoms with E-state index in [1.54, 1.807) is 0 Å². The molecule has 0 radical (unpaired) electrons. The first kappa shape index (κ1) is 10.9. The molecule has 80 valence electrons. The first-order valence-corrected chi connectivity index (χ1v) is 4.51. The van der Waals surface area contributed by atoms with Crippen molar-refractivity contribution in [2.75, 3.05) is 6.61 Å². The van der Waals surface area contributed by atoms with Gasteiger partial charge in [-0.05, 0) is 12.1 Å². The molecule has 0 aliphatic carbocycles. The van der Waals surface area contributed by atoms with Crippen LogP contribution in [0.1, 0.15) is 33.4 Å². The molecular formula is C9H15FN2O2. The van der Waals surface area contributed by atoms with Gasteiger partial charge in [-0.2, -0.15) is 0 Å². The molecule has 5 heteroatoms. The molecule has 4 nitrogen and oxygen atoms in total. The third kappa shape index (κ3) is 2.68. The van der Waals surface area contributed by atoms with E-state index in [0.717, 1.165) is 0 Å². The minimum Gasteiger partial charge on any atom is -0.471 e. The summed E-state index contributed by atoms with van der Waals surface area (Å²) in [5.74, 6) is 0.280. The topological polar surface area (TPSA) is 48.2 Å². The Bertz CT molecular complexity index is 291. The summed E-state index contributed by atoms with van der Waals surface area (Å²) in [4.78, 5) is 0. The van der Waals surface area contributed by atoms with Crippen LogP contribution in [0, 0.1) is 0 Å². The molecule has 0 aromatic carbocycles. The second-order valence-corrected chi connectivity index (χ2v) is 4.26. The molecule has 0 amide bonds. The van der Waals surface area contributed by atoms with Crippen molar-refractivity contribution in [3.63, 3.8) is 0 Å². The van der Waals surface area contributed by atoms with Crippen molar-refractivity contribution in [2.24, 2.45) is 0 Å². The Morgan fingerprint density at radius 1 is 1.43 bits per heavy atom. The molecule has 0 aliphatic heterocycles. The van der Waals surface area contributed by atoms with E-state index in [1.165, 1.54) is 6.92 Å². The van der Waals surface area contributed by atoms with Gasteiger partial charge in [0.1, 0.15) is 12.8 Å². The maximum absolute atomic E-state index is 12.5. The molecule has 0 saturated heterocycles. The van der Waals surface area contributed by atoms with E-state index in [2.05, 4.69) is 14.9 Å². The average molecular weight is 202 g/mol. The van der Waals surface area contributed by atoms with Crippen LogP contribution in [0.3, 0.4) is 0 Å². The molecule has 0 saturated carbocycles. The van der Waals surface area contributed by atoms with Crippen LogP contribution in [-0.2, 0) is 5.41 Å². The van der Waals surface area contributed by atoms with Crippen LogP contribution in [0.2, 0.25) is 0 Å². The normalized spacial score (nSPS) is 14.1. The molecule has 0 aliphatic rings. The van der Waals surface area contributed by atoms with Gasteiger partial charge in [-0.1, -0.05) is 25.9 Å².